The van der Waals surface area contributed by atoms with Crippen LogP contribution in [-0.2, 0) is 11.3 Å². The number of rotatable bonds is 7. The summed E-state index contributed by atoms with van der Waals surface area (Å²) in [4.78, 5) is 10.6. The van der Waals surface area contributed by atoms with Crippen molar-refractivity contribution in [3.05, 3.63) is 47.8 Å². The number of aliphatic hydroxyl groups is 1. The maximum atomic E-state index is 9.32. The Morgan fingerprint density at radius 2 is 2.23 bits per heavy atom. The van der Waals surface area contributed by atoms with E-state index in [2.05, 4.69) is 33.2 Å². The Kier molecular flexibility index (Phi) is 6.03. The van der Waals surface area contributed by atoms with Gasteiger partial charge in [-0.25, -0.2) is 9.97 Å². The summed E-state index contributed by atoms with van der Waals surface area (Å²) in [5.41, 5.74) is 7.91. The van der Waals surface area contributed by atoms with Crippen molar-refractivity contribution in [2.45, 2.75) is 38.1 Å². The second kappa shape index (κ2) is 8.44. The lowest BCUT2D eigenvalue weighted by molar-refractivity contribution is 0.118. The summed E-state index contributed by atoms with van der Waals surface area (Å²) in [6, 6.07) is 10.3. The monoisotopic (exact) mass is 357 g/mol. The first-order valence-corrected chi connectivity index (χ1v) is 8.90. The third-order valence-electron chi connectivity index (χ3n) is 4.97. The first-order valence-electron chi connectivity index (χ1n) is 8.90. The molecule has 1 saturated heterocycles. The molecule has 1 aliphatic rings. The quantitative estimate of drug-likeness (QED) is 0.691. The average molecular weight is 357 g/mol. The zero-order chi connectivity index (χ0) is 18.5. The molecule has 1 unspecified atom stereocenters. The number of anilines is 2. The van der Waals surface area contributed by atoms with Crippen LogP contribution in [0.4, 0.5) is 11.6 Å². The van der Waals surface area contributed by atoms with Crippen LogP contribution in [0, 0.1) is 0 Å². The summed E-state index contributed by atoms with van der Waals surface area (Å²) >= 11 is 0. The minimum Gasteiger partial charge on any atom is -0.392 e. The van der Waals surface area contributed by atoms with Crippen LogP contribution in [0.3, 0.4) is 0 Å². The van der Waals surface area contributed by atoms with E-state index in [0.717, 1.165) is 36.5 Å². The summed E-state index contributed by atoms with van der Waals surface area (Å²) in [5.74, 6) is 1.30. The number of hydrogen-bond acceptors (Lipinski definition) is 7. The molecule has 0 spiro atoms. The first kappa shape index (κ1) is 18.6. The van der Waals surface area contributed by atoms with Gasteiger partial charge in [-0.2, -0.15) is 0 Å². The Labute approximate surface area is 154 Å². The van der Waals surface area contributed by atoms with Gasteiger partial charge in [-0.15, -0.1) is 0 Å². The van der Waals surface area contributed by atoms with Crippen LogP contribution in [-0.4, -0.2) is 47.4 Å². The van der Waals surface area contributed by atoms with Crippen LogP contribution >= 0.6 is 0 Å². The molecule has 1 aliphatic heterocycles. The van der Waals surface area contributed by atoms with Gasteiger partial charge in [0.25, 0.3) is 0 Å². The Balaban J connectivity index is 1.68. The van der Waals surface area contributed by atoms with Crippen LogP contribution in [0.1, 0.15) is 30.5 Å². The molecule has 0 amide bonds. The second-order valence-electron chi connectivity index (χ2n) is 6.73. The predicted octanol–water partition coefficient (Wildman–Crippen LogP) is 1.50. The predicted molar refractivity (Wildman–Crippen MR) is 102 cm³/mol. The summed E-state index contributed by atoms with van der Waals surface area (Å²) < 4.78 is 5.57. The molecule has 140 valence electrons. The third-order valence-corrected chi connectivity index (χ3v) is 4.97. The molecule has 7 heteroatoms. The number of hydrogen-bond donors (Lipinski definition) is 3. The number of nitrogen functional groups attached to an aromatic ring is 1. The average Bonchev–Trinajstić information content (AvgIpc) is 3.09. The highest BCUT2D eigenvalue weighted by atomic mass is 16.5. The minimum absolute atomic E-state index is 0.0572. The SMILES string of the molecule is CO[C@@H]1C[C@H](CNC(C)c2cccc(CO)c2)N(c2cc(N)ncn2)C1. The summed E-state index contributed by atoms with van der Waals surface area (Å²) in [7, 11) is 1.75. The van der Waals surface area contributed by atoms with Crippen LogP contribution in [0.25, 0.3) is 0 Å². The molecule has 1 fully saturated rings. The molecule has 0 radical (unpaired) electrons. The summed E-state index contributed by atoms with van der Waals surface area (Å²) in [6.07, 6.45) is 2.60. The largest absolute Gasteiger partial charge is 0.392 e. The Morgan fingerprint density at radius 1 is 1.38 bits per heavy atom. The number of nitrogens with two attached hydrogens (primary N) is 1. The van der Waals surface area contributed by atoms with Crippen molar-refractivity contribution in [3.8, 4) is 0 Å². The molecule has 1 aromatic heterocycles. The molecular weight excluding hydrogens is 330 g/mol. The molecular formula is C19H27N5O2. The van der Waals surface area contributed by atoms with Crippen LogP contribution in [0.15, 0.2) is 36.7 Å². The van der Waals surface area contributed by atoms with Crippen molar-refractivity contribution >= 4 is 11.6 Å². The van der Waals surface area contributed by atoms with E-state index >= 15 is 0 Å². The van der Waals surface area contributed by atoms with Crippen LogP contribution in [0.5, 0.6) is 0 Å². The number of ether oxygens (including phenoxy) is 1. The highest BCUT2D eigenvalue weighted by Gasteiger charge is 2.33. The topological polar surface area (TPSA) is 96.5 Å². The molecule has 3 rings (SSSR count). The fourth-order valence-corrected chi connectivity index (χ4v) is 3.43. The Morgan fingerprint density at radius 3 is 2.96 bits per heavy atom. The second-order valence-corrected chi connectivity index (χ2v) is 6.73. The maximum Gasteiger partial charge on any atom is 0.134 e. The Hall–Kier alpha value is -2.22. The van der Waals surface area contributed by atoms with E-state index in [1.54, 1.807) is 13.2 Å². The fraction of sp³-hybridized carbons (Fsp3) is 0.474. The van der Waals surface area contributed by atoms with Crippen molar-refractivity contribution in [1.29, 1.82) is 0 Å². The van der Waals surface area contributed by atoms with Gasteiger partial charge in [-0.05, 0) is 24.5 Å². The first-order chi connectivity index (χ1) is 12.6. The smallest absolute Gasteiger partial charge is 0.134 e. The van der Waals surface area contributed by atoms with Gasteiger partial charge in [0.05, 0.1) is 12.7 Å². The van der Waals surface area contributed by atoms with Crippen molar-refractivity contribution in [2.75, 3.05) is 30.8 Å². The van der Waals surface area contributed by atoms with Gasteiger partial charge < -0.3 is 25.8 Å². The molecule has 0 bridgehead atoms. The van der Waals surface area contributed by atoms with Crippen molar-refractivity contribution in [3.63, 3.8) is 0 Å². The summed E-state index contributed by atoms with van der Waals surface area (Å²) in [6.45, 7) is 3.77. The lowest BCUT2D eigenvalue weighted by Gasteiger charge is -2.27. The molecule has 4 N–H and O–H groups in total. The van der Waals surface area contributed by atoms with Gasteiger partial charge in [0.15, 0.2) is 0 Å². The van der Waals surface area contributed by atoms with Crippen molar-refractivity contribution in [2.24, 2.45) is 0 Å². The fourth-order valence-electron chi connectivity index (χ4n) is 3.43. The third kappa shape index (κ3) is 4.30. The number of aliphatic hydroxyl groups excluding tert-OH is 1. The van der Waals surface area contributed by atoms with E-state index in [1.807, 2.05) is 18.2 Å². The number of nitrogens with zero attached hydrogens (tertiary/aromatic N) is 3. The van der Waals surface area contributed by atoms with E-state index in [9.17, 15) is 5.11 Å². The Bertz CT molecular complexity index is 727. The number of nitrogens with one attached hydrogen (secondary N) is 1. The molecule has 2 heterocycles. The molecule has 7 nitrogen and oxygen atoms in total. The number of benzene rings is 1. The van der Waals surface area contributed by atoms with Crippen molar-refractivity contribution in [1.82, 2.24) is 15.3 Å². The normalized spacial score (nSPS) is 21.1. The molecule has 0 saturated carbocycles. The molecule has 1 aromatic carbocycles. The molecule has 2 aromatic rings. The molecule has 0 aliphatic carbocycles. The zero-order valence-electron chi connectivity index (χ0n) is 15.3. The van der Waals surface area contributed by atoms with E-state index in [0.29, 0.717) is 5.82 Å². The van der Waals surface area contributed by atoms with Gasteiger partial charge in [0.1, 0.15) is 18.0 Å². The lowest BCUT2D eigenvalue weighted by Crippen LogP contribution is -2.39. The van der Waals surface area contributed by atoms with Crippen LogP contribution < -0.4 is 16.0 Å². The van der Waals surface area contributed by atoms with E-state index < -0.39 is 0 Å². The molecule has 3 atom stereocenters. The minimum atomic E-state index is 0.0572. The number of methoxy groups -OCH3 is 1. The van der Waals surface area contributed by atoms with E-state index in [1.165, 1.54) is 6.33 Å². The molecule has 26 heavy (non-hydrogen) atoms. The zero-order valence-corrected chi connectivity index (χ0v) is 15.3. The van der Waals surface area contributed by atoms with Crippen molar-refractivity contribution < 1.29 is 9.84 Å². The maximum absolute atomic E-state index is 9.32. The highest BCUT2D eigenvalue weighted by molar-refractivity contribution is 5.48. The van der Waals surface area contributed by atoms with Gasteiger partial charge in [0, 0.05) is 38.3 Å². The highest BCUT2D eigenvalue weighted by Crippen LogP contribution is 2.26. The van der Waals surface area contributed by atoms with Gasteiger partial charge in [0.2, 0.25) is 0 Å². The van der Waals surface area contributed by atoms with Crippen LogP contribution in [0.2, 0.25) is 0 Å². The standard InChI is InChI=1S/C19H27N5O2/c1-13(15-5-3-4-14(6-15)11-25)21-9-16-7-17(26-2)10-24(16)19-8-18(20)22-12-23-19/h3-6,8,12-13,16-17,21,25H,7,9-11H2,1-2H3,(H2,20,22,23)/t13?,16-,17-/m1/s1. The lowest BCUT2D eigenvalue weighted by atomic mass is 10.0. The van der Waals surface area contributed by atoms with Gasteiger partial charge in [-0.1, -0.05) is 24.3 Å². The number of aromatic nitrogens is 2. The van der Waals surface area contributed by atoms with E-state index in [4.69, 9.17) is 10.5 Å². The van der Waals surface area contributed by atoms with Gasteiger partial charge in [-0.3, -0.25) is 0 Å². The summed E-state index contributed by atoms with van der Waals surface area (Å²) in [5, 5.41) is 12.9. The van der Waals surface area contributed by atoms with Gasteiger partial charge >= 0.3 is 0 Å². The van der Waals surface area contributed by atoms with E-state index in [-0.39, 0.29) is 24.8 Å².